The van der Waals surface area contributed by atoms with E-state index in [0.717, 1.165) is 11.4 Å². The Balaban J connectivity index is 1.87. The average molecular weight is 282 g/mol. The lowest BCUT2D eigenvalue weighted by atomic mass is 10.3. The van der Waals surface area contributed by atoms with Crippen molar-refractivity contribution in [3.63, 3.8) is 0 Å². The van der Waals surface area contributed by atoms with Crippen LogP contribution in [0.25, 0.3) is 0 Å². The van der Waals surface area contributed by atoms with E-state index in [2.05, 4.69) is 15.6 Å². The van der Waals surface area contributed by atoms with E-state index in [-0.39, 0.29) is 12.5 Å². The van der Waals surface area contributed by atoms with Crippen LogP contribution in [0.4, 0.5) is 10.8 Å². The first kappa shape index (κ1) is 12.9. The van der Waals surface area contributed by atoms with E-state index in [1.165, 1.54) is 11.3 Å². The van der Waals surface area contributed by atoms with Crippen molar-refractivity contribution in [2.24, 2.45) is 0 Å². The lowest BCUT2D eigenvalue weighted by molar-refractivity contribution is -0.114. The molecule has 0 saturated heterocycles. The third-order valence-corrected chi connectivity index (χ3v) is 3.38. The van der Waals surface area contributed by atoms with E-state index in [1.54, 1.807) is 6.07 Å². The van der Waals surface area contributed by atoms with Gasteiger partial charge in [-0.25, -0.2) is 4.98 Å². The molecule has 0 aliphatic carbocycles. The molecule has 0 unspecified atom stereocenters. The van der Waals surface area contributed by atoms with Gasteiger partial charge in [0.25, 0.3) is 0 Å². The molecule has 94 valence electrons. The highest BCUT2D eigenvalue weighted by Gasteiger charge is 2.06. The van der Waals surface area contributed by atoms with Crippen molar-refractivity contribution in [3.8, 4) is 0 Å². The minimum atomic E-state index is -0.149. The molecule has 2 rings (SSSR count). The molecule has 0 spiro atoms. The zero-order chi connectivity index (χ0) is 13.0. The Bertz CT molecular complexity index is 556. The molecule has 0 saturated carbocycles. The van der Waals surface area contributed by atoms with Crippen molar-refractivity contribution in [2.45, 2.75) is 6.92 Å². The molecule has 0 aliphatic rings. The highest BCUT2D eigenvalue weighted by Crippen LogP contribution is 2.20. The van der Waals surface area contributed by atoms with Crippen LogP contribution >= 0.6 is 22.9 Å². The predicted octanol–water partition coefficient (Wildman–Crippen LogP) is 3.16. The lowest BCUT2D eigenvalue weighted by Gasteiger charge is -2.07. The molecule has 0 radical (unpaired) electrons. The summed E-state index contributed by atoms with van der Waals surface area (Å²) >= 11 is 7.37. The summed E-state index contributed by atoms with van der Waals surface area (Å²) in [5, 5.41) is 8.78. The van der Waals surface area contributed by atoms with E-state index >= 15 is 0 Å². The van der Waals surface area contributed by atoms with Gasteiger partial charge in [-0.05, 0) is 19.1 Å². The number of halogens is 1. The summed E-state index contributed by atoms with van der Waals surface area (Å²) in [6, 6.07) is 7.29. The number of hydrogen-bond donors (Lipinski definition) is 2. The fourth-order valence-electron chi connectivity index (χ4n) is 1.35. The first-order valence-electron chi connectivity index (χ1n) is 5.35. The largest absolute Gasteiger partial charge is 0.375 e. The summed E-state index contributed by atoms with van der Waals surface area (Å²) in [5.41, 5.74) is 1.64. The van der Waals surface area contributed by atoms with Crippen LogP contribution in [0.2, 0.25) is 5.02 Å². The van der Waals surface area contributed by atoms with Crippen molar-refractivity contribution >= 4 is 39.7 Å². The maximum Gasteiger partial charge on any atom is 0.245 e. The molecule has 0 atom stereocenters. The third-order valence-electron chi connectivity index (χ3n) is 2.18. The van der Waals surface area contributed by atoms with Crippen molar-refractivity contribution in [1.29, 1.82) is 0 Å². The van der Waals surface area contributed by atoms with Crippen LogP contribution in [0.3, 0.4) is 0 Å². The van der Waals surface area contributed by atoms with Gasteiger partial charge in [0.2, 0.25) is 5.91 Å². The number of amides is 1. The van der Waals surface area contributed by atoms with Crippen LogP contribution in [0.1, 0.15) is 5.69 Å². The summed E-state index contributed by atoms with van der Waals surface area (Å²) < 4.78 is 0. The molecule has 4 nitrogen and oxygen atoms in total. The molecule has 2 aromatic rings. The first-order chi connectivity index (χ1) is 8.65. The molecule has 1 aromatic carbocycles. The van der Waals surface area contributed by atoms with Gasteiger partial charge in [0.15, 0.2) is 5.13 Å². The minimum Gasteiger partial charge on any atom is -0.375 e. The van der Waals surface area contributed by atoms with Gasteiger partial charge < -0.3 is 10.6 Å². The molecule has 0 aliphatic heterocycles. The van der Waals surface area contributed by atoms with Gasteiger partial charge in [-0.3, -0.25) is 4.79 Å². The fourth-order valence-corrected chi connectivity index (χ4v) is 2.26. The van der Waals surface area contributed by atoms with Crippen molar-refractivity contribution in [1.82, 2.24) is 4.98 Å². The zero-order valence-electron chi connectivity index (χ0n) is 9.74. The minimum absolute atomic E-state index is 0.149. The molecule has 1 amide bonds. The molecule has 2 N–H and O–H groups in total. The number of aromatic nitrogens is 1. The molecule has 18 heavy (non-hydrogen) atoms. The number of nitrogens with zero attached hydrogens (tertiary/aromatic N) is 1. The lowest BCUT2D eigenvalue weighted by Crippen LogP contribution is -2.21. The average Bonchev–Trinajstić information content (AvgIpc) is 2.74. The Hall–Kier alpha value is -1.59. The molecule has 1 aromatic heterocycles. The molecular weight excluding hydrogens is 270 g/mol. The van der Waals surface area contributed by atoms with E-state index in [4.69, 9.17) is 11.6 Å². The second-order valence-corrected chi connectivity index (χ2v) is 4.94. The Kier molecular flexibility index (Phi) is 4.17. The number of carbonyl (C=O) groups excluding carboxylic acids is 1. The number of thiazole rings is 1. The number of para-hydroxylation sites is 1. The molecule has 1 heterocycles. The number of benzene rings is 1. The Morgan fingerprint density at radius 2 is 2.22 bits per heavy atom. The van der Waals surface area contributed by atoms with Gasteiger partial charge in [-0.2, -0.15) is 0 Å². The van der Waals surface area contributed by atoms with E-state index in [9.17, 15) is 4.79 Å². The predicted molar refractivity (Wildman–Crippen MR) is 75.4 cm³/mol. The van der Waals surface area contributed by atoms with Crippen molar-refractivity contribution in [3.05, 3.63) is 40.4 Å². The van der Waals surface area contributed by atoms with Crippen LogP contribution in [-0.2, 0) is 4.79 Å². The smallest absolute Gasteiger partial charge is 0.245 e. The first-order valence-corrected chi connectivity index (χ1v) is 6.61. The van der Waals surface area contributed by atoms with Crippen LogP contribution in [0, 0.1) is 6.92 Å². The highest BCUT2D eigenvalue weighted by atomic mass is 35.5. The molecular formula is C12H12ClN3OS. The summed E-state index contributed by atoms with van der Waals surface area (Å²) in [6.07, 6.45) is 0. The van der Waals surface area contributed by atoms with Gasteiger partial charge in [0.1, 0.15) is 0 Å². The maximum atomic E-state index is 11.7. The van der Waals surface area contributed by atoms with E-state index < -0.39 is 0 Å². The number of anilines is 2. The Morgan fingerprint density at radius 3 is 2.89 bits per heavy atom. The number of carbonyl (C=O) groups is 1. The quantitative estimate of drug-likeness (QED) is 0.905. The zero-order valence-corrected chi connectivity index (χ0v) is 11.3. The number of nitrogens with one attached hydrogen (secondary N) is 2. The number of rotatable bonds is 4. The SMILES string of the molecule is Cc1csc(NC(=O)CNc2ccccc2Cl)n1. The second kappa shape index (κ2) is 5.84. The fraction of sp³-hybridized carbons (Fsp3) is 0.167. The highest BCUT2D eigenvalue weighted by molar-refractivity contribution is 7.13. The van der Waals surface area contributed by atoms with Gasteiger partial charge in [-0.15, -0.1) is 11.3 Å². The van der Waals surface area contributed by atoms with Gasteiger partial charge in [0, 0.05) is 5.38 Å². The van der Waals surface area contributed by atoms with Crippen molar-refractivity contribution < 1.29 is 4.79 Å². The normalized spacial score (nSPS) is 10.1. The topological polar surface area (TPSA) is 54.0 Å². The Morgan fingerprint density at radius 1 is 1.44 bits per heavy atom. The van der Waals surface area contributed by atoms with Gasteiger partial charge in [-0.1, -0.05) is 23.7 Å². The van der Waals surface area contributed by atoms with Crippen LogP contribution in [0.5, 0.6) is 0 Å². The van der Waals surface area contributed by atoms with Crippen LogP contribution in [0.15, 0.2) is 29.6 Å². The second-order valence-electron chi connectivity index (χ2n) is 3.68. The number of aryl methyl sites for hydroxylation is 1. The van der Waals surface area contributed by atoms with E-state index in [0.29, 0.717) is 10.2 Å². The molecule has 6 heteroatoms. The summed E-state index contributed by atoms with van der Waals surface area (Å²) in [7, 11) is 0. The summed E-state index contributed by atoms with van der Waals surface area (Å²) in [6.45, 7) is 2.04. The molecule has 0 fully saturated rings. The Labute approximate surface area is 114 Å². The van der Waals surface area contributed by atoms with E-state index in [1.807, 2.05) is 30.5 Å². The van der Waals surface area contributed by atoms with Crippen LogP contribution < -0.4 is 10.6 Å². The monoisotopic (exact) mass is 281 g/mol. The van der Waals surface area contributed by atoms with Crippen molar-refractivity contribution in [2.75, 3.05) is 17.2 Å². The summed E-state index contributed by atoms with van der Waals surface area (Å²) in [5.74, 6) is -0.149. The summed E-state index contributed by atoms with van der Waals surface area (Å²) in [4.78, 5) is 15.8. The van der Waals surface area contributed by atoms with Crippen LogP contribution in [-0.4, -0.2) is 17.4 Å². The molecule has 0 bridgehead atoms. The van der Waals surface area contributed by atoms with Gasteiger partial charge >= 0.3 is 0 Å². The van der Waals surface area contributed by atoms with Gasteiger partial charge in [0.05, 0.1) is 22.9 Å². The standard InChI is InChI=1S/C12H12ClN3OS/c1-8-7-18-12(15-8)16-11(17)6-14-10-5-3-2-4-9(10)13/h2-5,7,14H,6H2,1H3,(H,15,16,17). The number of hydrogen-bond acceptors (Lipinski definition) is 4. The third kappa shape index (κ3) is 3.45. The maximum absolute atomic E-state index is 11.7.